The van der Waals surface area contributed by atoms with Crippen molar-refractivity contribution in [3.8, 4) is 24.0 Å². The van der Waals surface area contributed by atoms with Crippen LogP contribution in [0.3, 0.4) is 0 Å². The van der Waals surface area contributed by atoms with E-state index in [1.807, 2.05) is 0 Å². The van der Waals surface area contributed by atoms with Gasteiger partial charge in [0, 0.05) is 17.6 Å². The summed E-state index contributed by atoms with van der Waals surface area (Å²) < 4.78 is 0. The van der Waals surface area contributed by atoms with E-state index in [0.29, 0.717) is 0 Å². The minimum absolute atomic E-state index is 0.242. The van der Waals surface area contributed by atoms with Crippen LogP contribution >= 0.6 is 0 Å². The fourth-order valence-corrected chi connectivity index (χ4v) is 0.525. The van der Waals surface area contributed by atoms with Crippen LogP contribution in [-0.4, -0.2) is 10.7 Å². The highest BCUT2D eigenvalue weighted by molar-refractivity contribution is 5.41. The fourth-order valence-electron chi connectivity index (χ4n) is 0.525. The van der Waals surface area contributed by atoms with Gasteiger partial charge < -0.3 is 5.11 Å². The van der Waals surface area contributed by atoms with E-state index in [2.05, 4.69) is 11.8 Å². The molecule has 0 aliphatic rings. The summed E-state index contributed by atoms with van der Waals surface area (Å²) in [5, 5.41) is 25.8. The highest BCUT2D eigenvalue weighted by atomic mass is 16.3. The summed E-state index contributed by atoms with van der Waals surface area (Å²) in [6, 6.07) is 3.36. The summed E-state index contributed by atoms with van der Waals surface area (Å²) in [5.41, 5.74) is -0.925. The Morgan fingerprint density at radius 1 is 1.42 bits per heavy atom. The van der Waals surface area contributed by atoms with Crippen molar-refractivity contribution in [2.24, 2.45) is 0 Å². The van der Waals surface area contributed by atoms with Crippen molar-refractivity contribution in [3.63, 3.8) is 0 Å². The van der Waals surface area contributed by atoms with Gasteiger partial charge in [0.05, 0.1) is 11.7 Å². The lowest BCUT2D eigenvalue weighted by Gasteiger charge is -2.15. The van der Waals surface area contributed by atoms with Crippen molar-refractivity contribution in [1.82, 2.24) is 0 Å². The third kappa shape index (κ3) is 3.42. The molecule has 0 saturated carbocycles. The van der Waals surface area contributed by atoms with Crippen LogP contribution in [0.1, 0.15) is 13.8 Å². The molecule has 0 amide bonds. The van der Waals surface area contributed by atoms with Crippen LogP contribution < -0.4 is 0 Å². The number of allylic oxidation sites excluding steroid dienone is 1. The largest absolute Gasteiger partial charge is 0.385 e. The Labute approximate surface area is 71.5 Å². The molecule has 12 heavy (non-hydrogen) atoms. The van der Waals surface area contributed by atoms with Gasteiger partial charge in [-0.15, -0.1) is 0 Å². The molecule has 0 rings (SSSR count). The number of hydrogen-bond donors (Lipinski definition) is 1. The van der Waals surface area contributed by atoms with E-state index >= 15 is 0 Å². The first-order chi connectivity index (χ1) is 5.52. The van der Waals surface area contributed by atoms with Gasteiger partial charge in [0.1, 0.15) is 0 Å². The number of aliphatic hydroxyl groups is 1. The quantitative estimate of drug-likeness (QED) is 0.454. The lowest BCUT2D eigenvalue weighted by Crippen LogP contribution is -2.20. The predicted octanol–water partition coefficient (Wildman–Crippen LogP) is 0.734. The maximum atomic E-state index is 9.40. The number of hydrogen-bond acceptors (Lipinski definition) is 3. The average Bonchev–Trinajstić information content (AvgIpc) is 1.95. The van der Waals surface area contributed by atoms with Crippen LogP contribution in [0, 0.1) is 34.5 Å². The van der Waals surface area contributed by atoms with E-state index < -0.39 is 5.60 Å². The summed E-state index contributed by atoms with van der Waals surface area (Å²) in [6.45, 7) is 3.00. The molecule has 0 spiro atoms. The van der Waals surface area contributed by atoms with Gasteiger partial charge in [-0.1, -0.05) is 5.92 Å². The molecule has 0 aromatic heterocycles. The van der Waals surface area contributed by atoms with E-state index in [1.165, 1.54) is 13.8 Å². The smallest absolute Gasteiger partial charge is 0.152 e. The first kappa shape index (κ1) is 10.2. The second kappa shape index (κ2) is 4.19. The second-order valence-corrected chi connectivity index (χ2v) is 2.61. The van der Waals surface area contributed by atoms with Crippen molar-refractivity contribution < 1.29 is 5.11 Å². The molecule has 3 nitrogen and oxygen atoms in total. The van der Waals surface area contributed by atoms with Gasteiger partial charge >= 0.3 is 0 Å². The monoisotopic (exact) mass is 160 g/mol. The molecule has 0 atom stereocenters. The van der Waals surface area contributed by atoms with Gasteiger partial charge in [0.25, 0.3) is 0 Å². The zero-order chi connectivity index (χ0) is 9.61. The highest BCUT2D eigenvalue weighted by Gasteiger charge is 2.17. The third-order valence-electron chi connectivity index (χ3n) is 1.12. The van der Waals surface area contributed by atoms with Gasteiger partial charge in [-0.3, -0.25) is 0 Å². The van der Waals surface area contributed by atoms with Crippen molar-refractivity contribution in [2.75, 3.05) is 0 Å². The fraction of sp³-hybridized carbons (Fsp3) is 0.333. The minimum Gasteiger partial charge on any atom is -0.385 e. The number of nitriles is 2. The van der Waals surface area contributed by atoms with Crippen LogP contribution in [0.25, 0.3) is 0 Å². The normalized spacial score (nSPS) is 10.6. The standard InChI is InChI=1S/C9H8N2O/c1-9(2,12)8(5-7-11)4-3-6-10/h5,12H,1-2H3/b8-5+. The lowest BCUT2D eigenvalue weighted by atomic mass is 9.98. The zero-order valence-electron chi connectivity index (χ0n) is 6.92. The molecule has 0 bridgehead atoms. The van der Waals surface area contributed by atoms with Crippen LogP contribution in [-0.2, 0) is 0 Å². The van der Waals surface area contributed by atoms with Gasteiger partial charge in [0.2, 0.25) is 0 Å². The molecule has 1 N–H and O–H groups in total. The van der Waals surface area contributed by atoms with Gasteiger partial charge in [-0.25, -0.2) is 0 Å². The highest BCUT2D eigenvalue weighted by Crippen LogP contribution is 2.13. The lowest BCUT2D eigenvalue weighted by molar-refractivity contribution is 0.125. The van der Waals surface area contributed by atoms with Crippen LogP contribution in [0.2, 0.25) is 0 Å². The molecule has 0 radical (unpaired) electrons. The average molecular weight is 160 g/mol. The molecule has 0 aliphatic heterocycles. The third-order valence-corrected chi connectivity index (χ3v) is 1.12. The van der Waals surface area contributed by atoms with Crippen LogP contribution in [0.5, 0.6) is 0 Å². The SMILES string of the molecule is CC(C)(O)/C(C#CC#N)=C/C#N. The molecule has 0 saturated heterocycles. The Bertz CT molecular complexity index is 323. The Morgan fingerprint density at radius 3 is 2.33 bits per heavy atom. The van der Waals surface area contributed by atoms with Gasteiger partial charge in [-0.2, -0.15) is 10.5 Å². The Kier molecular flexibility index (Phi) is 3.57. The summed E-state index contributed by atoms with van der Waals surface area (Å²) >= 11 is 0. The first-order valence-electron chi connectivity index (χ1n) is 3.25. The molecule has 0 unspecified atom stereocenters. The Hall–Kier alpha value is -1.76. The molecule has 0 heterocycles. The summed E-state index contributed by atoms with van der Waals surface area (Å²) in [7, 11) is 0. The van der Waals surface area contributed by atoms with Crippen molar-refractivity contribution in [1.29, 1.82) is 10.5 Å². The van der Waals surface area contributed by atoms with E-state index in [9.17, 15) is 5.11 Å². The molecule has 0 aliphatic carbocycles. The van der Waals surface area contributed by atoms with E-state index in [1.54, 1.807) is 12.1 Å². The van der Waals surface area contributed by atoms with Crippen molar-refractivity contribution in [3.05, 3.63) is 11.6 Å². The Morgan fingerprint density at radius 2 is 2.00 bits per heavy atom. The van der Waals surface area contributed by atoms with Gasteiger partial charge in [0.15, 0.2) is 6.07 Å². The predicted molar refractivity (Wildman–Crippen MR) is 43.4 cm³/mol. The zero-order valence-corrected chi connectivity index (χ0v) is 6.92. The molecule has 0 aromatic carbocycles. The van der Waals surface area contributed by atoms with Crippen LogP contribution in [0.4, 0.5) is 0 Å². The van der Waals surface area contributed by atoms with Crippen LogP contribution in [0.15, 0.2) is 11.6 Å². The van der Waals surface area contributed by atoms with Gasteiger partial charge in [-0.05, 0) is 13.8 Å². The molecule has 0 fully saturated rings. The number of rotatable bonds is 1. The topological polar surface area (TPSA) is 67.8 Å². The summed E-state index contributed by atoms with van der Waals surface area (Å²) in [6.07, 6.45) is 1.13. The Balaban J connectivity index is 4.89. The second-order valence-electron chi connectivity index (χ2n) is 2.61. The van der Waals surface area contributed by atoms with E-state index in [-0.39, 0.29) is 5.57 Å². The molecular weight excluding hydrogens is 152 g/mol. The molecule has 0 aromatic rings. The first-order valence-corrected chi connectivity index (χ1v) is 3.25. The van der Waals surface area contributed by atoms with E-state index in [4.69, 9.17) is 10.5 Å². The summed E-state index contributed by atoms with van der Waals surface area (Å²) in [4.78, 5) is 0. The maximum Gasteiger partial charge on any atom is 0.152 e. The molecule has 3 heteroatoms. The van der Waals surface area contributed by atoms with Crippen molar-refractivity contribution in [2.45, 2.75) is 19.4 Å². The molecule has 60 valence electrons. The number of nitrogens with zero attached hydrogens (tertiary/aromatic N) is 2. The van der Waals surface area contributed by atoms with E-state index in [0.717, 1.165) is 6.08 Å². The van der Waals surface area contributed by atoms with Crippen molar-refractivity contribution >= 4 is 0 Å². The molecular formula is C9H8N2O. The minimum atomic E-state index is -1.17. The summed E-state index contributed by atoms with van der Waals surface area (Å²) in [5.74, 6) is 4.50. The maximum absolute atomic E-state index is 9.40.